The van der Waals surface area contributed by atoms with Gasteiger partial charge in [0, 0.05) is 10.9 Å². The monoisotopic (exact) mass is 259 g/mol. The number of hydrogen-bond acceptors (Lipinski definition) is 1. The third kappa shape index (κ3) is 2.78. The molecule has 1 nitrogen and oxygen atoms in total. The molecule has 0 N–H and O–H groups in total. The molecule has 1 heterocycles. The molecule has 2 rings (SSSR count). The number of rotatable bonds is 5. The summed E-state index contributed by atoms with van der Waals surface area (Å²) in [5, 5.41) is 0.967. The molecule has 0 saturated heterocycles. The predicted octanol–water partition coefficient (Wildman–Crippen LogP) is 5.23. The number of aromatic nitrogens is 1. The van der Waals surface area contributed by atoms with Gasteiger partial charge in [0.15, 0.2) is 0 Å². The van der Waals surface area contributed by atoms with Crippen LogP contribution in [0.4, 0.5) is 4.39 Å². The summed E-state index contributed by atoms with van der Waals surface area (Å²) in [4.78, 5) is 4.51. The molecule has 0 aliphatic carbocycles. The summed E-state index contributed by atoms with van der Waals surface area (Å²) < 4.78 is 14.7. The molecule has 1 aromatic carbocycles. The average Bonchev–Trinajstić information content (AvgIpc) is 2.44. The second-order valence-corrected chi connectivity index (χ2v) is 5.22. The molecule has 1 aromatic heterocycles. The summed E-state index contributed by atoms with van der Waals surface area (Å²) in [6.07, 6.45) is 3.73. The lowest BCUT2D eigenvalue weighted by atomic mass is 9.93. The number of benzene rings is 1. The molecule has 0 spiro atoms. The van der Waals surface area contributed by atoms with E-state index in [4.69, 9.17) is 0 Å². The number of halogens is 1. The minimum Gasteiger partial charge on any atom is -0.250 e. The van der Waals surface area contributed by atoms with Crippen LogP contribution in [0.3, 0.4) is 0 Å². The maximum Gasteiger partial charge on any atom is 0.148 e. The van der Waals surface area contributed by atoms with E-state index in [9.17, 15) is 4.39 Å². The molecule has 0 bridgehead atoms. The van der Waals surface area contributed by atoms with Gasteiger partial charge in [-0.3, -0.25) is 0 Å². The van der Waals surface area contributed by atoms with Crippen molar-refractivity contribution in [2.75, 3.05) is 0 Å². The highest BCUT2D eigenvalue weighted by Crippen LogP contribution is 2.31. The summed E-state index contributed by atoms with van der Waals surface area (Å²) in [6, 6.07) is 7.89. The minimum atomic E-state index is -0.0819. The smallest absolute Gasteiger partial charge is 0.148 e. The van der Waals surface area contributed by atoms with Gasteiger partial charge in [0.2, 0.25) is 0 Å². The molecular formula is C17H22FN. The maximum absolute atomic E-state index is 14.7. The molecule has 2 aromatic rings. The van der Waals surface area contributed by atoms with Crippen LogP contribution in [-0.4, -0.2) is 4.98 Å². The highest BCUT2D eigenvalue weighted by atomic mass is 19.1. The lowest BCUT2D eigenvalue weighted by molar-refractivity contribution is 0.560. The third-order valence-corrected chi connectivity index (χ3v) is 3.81. The number of hydrogen-bond donors (Lipinski definition) is 0. The van der Waals surface area contributed by atoms with Crippen LogP contribution in [0.25, 0.3) is 10.9 Å². The van der Waals surface area contributed by atoms with E-state index in [0.717, 1.165) is 42.1 Å². The van der Waals surface area contributed by atoms with Gasteiger partial charge in [-0.05, 0) is 31.2 Å². The summed E-state index contributed by atoms with van der Waals surface area (Å²) in [7, 11) is 0. The van der Waals surface area contributed by atoms with Crippen molar-refractivity contribution in [2.24, 2.45) is 0 Å². The highest BCUT2D eigenvalue weighted by Gasteiger charge is 2.18. The lowest BCUT2D eigenvalue weighted by Gasteiger charge is -2.16. The van der Waals surface area contributed by atoms with Gasteiger partial charge in [-0.2, -0.15) is 0 Å². The van der Waals surface area contributed by atoms with Crippen LogP contribution in [0.2, 0.25) is 0 Å². The largest absolute Gasteiger partial charge is 0.250 e. The van der Waals surface area contributed by atoms with Crippen molar-refractivity contribution >= 4 is 10.9 Å². The Morgan fingerprint density at radius 1 is 1.21 bits per heavy atom. The van der Waals surface area contributed by atoms with Crippen LogP contribution in [0, 0.1) is 5.82 Å². The number of fused-ring (bicyclic) bond motifs is 1. The van der Waals surface area contributed by atoms with E-state index in [1.165, 1.54) is 0 Å². The van der Waals surface area contributed by atoms with E-state index in [1.54, 1.807) is 0 Å². The first-order chi connectivity index (χ1) is 9.19. The zero-order valence-corrected chi connectivity index (χ0v) is 12.0. The van der Waals surface area contributed by atoms with Crippen LogP contribution in [-0.2, 0) is 6.42 Å². The first kappa shape index (κ1) is 14.0. The summed E-state index contributed by atoms with van der Waals surface area (Å²) >= 11 is 0. The van der Waals surface area contributed by atoms with Gasteiger partial charge >= 0.3 is 0 Å². The van der Waals surface area contributed by atoms with Crippen molar-refractivity contribution < 1.29 is 4.39 Å². The van der Waals surface area contributed by atoms with E-state index in [-0.39, 0.29) is 11.7 Å². The Labute approximate surface area is 114 Å². The average molecular weight is 259 g/mol. The maximum atomic E-state index is 14.7. The van der Waals surface area contributed by atoms with Gasteiger partial charge < -0.3 is 0 Å². The molecule has 2 heteroatoms. The molecule has 19 heavy (non-hydrogen) atoms. The highest BCUT2D eigenvalue weighted by molar-refractivity contribution is 5.83. The van der Waals surface area contributed by atoms with Crippen LogP contribution < -0.4 is 0 Å². The molecule has 0 aliphatic heterocycles. The van der Waals surface area contributed by atoms with E-state index in [2.05, 4.69) is 25.8 Å². The zero-order valence-electron chi connectivity index (χ0n) is 12.0. The van der Waals surface area contributed by atoms with E-state index < -0.39 is 0 Å². The number of para-hydroxylation sites is 1. The van der Waals surface area contributed by atoms with Gasteiger partial charge in [0.05, 0.1) is 11.2 Å². The molecule has 0 aliphatic rings. The number of pyridine rings is 1. The standard InChI is InChI=1S/C17H22FN/c1-4-6-10-15-17(18)16(12(3)5-2)13-9-7-8-11-14(13)19-15/h7-9,11-12H,4-6,10H2,1-3H3. The Hall–Kier alpha value is -1.44. The first-order valence-corrected chi connectivity index (χ1v) is 7.26. The van der Waals surface area contributed by atoms with Crippen molar-refractivity contribution in [1.29, 1.82) is 0 Å². The van der Waals surface area contributed by atoms with Crippen molar-refractivity contribution in [3.8, 4) is 0 Å². The Bertz CT molecular complexity index is 562. The summed E-state index contributed by atoms with van der Waals surface area (Å²) in [6.45, 7) is 6.31. The van der Waals surface area contributed by atoms with Gasteiger partial charge in [0.25, 0.3) is 0 Å². The molecule has 1 atom stereocenters. The fourth-order valence-electron chi connectivity index (χ4n) is 2.46. The van der Waals surface area contributed by atoms with Gasteiger partial charge in [-0.1, -0.05) is 45.4 Å². The summed E-state index contributed by atoms with van der Waals surface area (Å²) in [5.41, 5.74) is 2.40. The number of unbranched alkanes of at least 4 members (excludes halogenated alkanes) is 1. The SMILES string of the molecule is CCCCc1nc2ccccc2c(C(C)CC)c1F. The molecule has 0 saturated carbocycles. The van der Waals surface area contributed by atoms with E-state index >= 15 is 0 Å². The fraction of sp³-hybridized carbons (Fsp3) is 0.471. The number of nitrogens with zero attached hydrogens (tertiary/aromatic N) is 1. The van der Waals surface area contributed by atoms with Crippen LogP contribution in [0.15, 0.2) is 24.3 Å². The molecule has 0 radical (unpaired) electrons. The lowest BCUT2D eigenvalue weighted by Crippen LogP contribution is -2.05. The topological polar surface area (TPSA) is 12.9 Å². The Morgan fingerprint density at radius 3 is 2.63 bits per heavy atom. The van der Waals surface area contributed by atoms with Crippen LogP contribution >= 0.6 is 0 Å². The number of aryl methyl sites for hydroxylation is 1. The van der Waals surface area contributed by atoms with E-state index in [1.807, 2.05) is 24.3 Å². The van der Waals surface area contributed by atoms with Gasteiger partial charge in [-0.15, -0.1) is 0 Å². The second kappa shape index (κ2) is 6.14. The van der Waals surface area contributed by atoms with Crippen molar-refractivity contribution in [1.82, 2.24) is 4.98 Å². The van der Waals surface area contributed by atoms with Gasteiger partial charge in [-0.25, -0.2) is 9.37 Å². The van der Waals surface area contributed by atoms with Crippen LogP contribution in [0.5, 0.6) is 0 Å². The Balaban J connectivity index is 2.62. The Morgan fingerprint density at radius 2 is 1.95 bits per heavy atom. The molecule has 0 fully saturated rings. The molecular weight excluding hydrogens is 237 g/mol. The Kier molecular flexibility index (Phi) is 4.52. The zero-order chi connectivity index (χ0) is 13.8. The fourth-order valence-corrected chi connectivity index (χ4v) is 2.46. The summed E-state index contributed by atoms with van der Waals surface area (Å²) in [5.74, 6) is 0.148. The van der Waals surface area contributed by atoms with Gasteiger partial charge in [0.1, 0.15) is 5.82 Å². The predicted molar refractivity (Wildman–Crippen MR) is 79.0 cm³/mol. The first-order valence-electron chi connectivity index (χ1n) is 7.26. The molecule has 0 amide bonds. The molecule has 1 unspecified atom stereocenters. The van der Waals surface area contributed by atoms with Crippen molar-refractivity contribution in [3.05, 3.63) is 41.3 Å². The normalized spacial score (nSPS) is 12.8. The van der Waals surface area contributed by atoms with Crippen LogP contribution in [0.1, 0.15) is 57.2 Å². The third-order valence-electron chi connectivity index (χ3n) is 3.81. The minimum absolute atomic E-state index is 0.0819. The quantitative estimate of drug-likeness (QED) is 0.716. The van der Waals surface area contributed by atoms with E-state index in [0.29, 0.717) is 5.69 Å². The second-order valence-electron chi connectivity index (χ2n) is 5.22. The van der Waals surface area contributed by atoms with Crippen molar-refractivity contribution in [3.63, 3.8) is 0 Å². The molecule has 102 valence electrons. The van der Waals surface area contributed by atoms with Crippen molar-refractivity contribution in [2.45, 2.75) is 52.4 Å².